The van der Waals surface area contributed by atoms with E-state index in [1.807, 2.05) is 0 Å². The summed E-state index contributed by atoms with van der Waals surface area (Å²) in [5, 5.41) is 1.14. The number of rotatable bonds is 9. The normalized spacial score (nSPS) is 11.1. The molecule has 2 nitrogen and oxygen atoms in total. The summed E-state index contributed by atoms with van der Waals surface area (Å²) in [5.74, 6) is 0. The van der Waals surface area contributed by atoms with Crippen LogP contribution in [0.15, 0.2) is 0 Å². The lowest BCUT2D eigenvalue weighted by molar-refractivity contribution is 0.276. The van der Waals surface area contributed by atoms with Gasteiger partial charge in [-0.25, -0.2) is 0 Å². The fourth-order valence-electron chi connectivity index (χ4n) is 1.27. The Labute approximate surface area is 92.0 Å². The average Bonchev–Trinajstić information content (AvgIpc) is 2.17. The average molecular weight is 269 g/mol. The molecule has 0 saturated heterocycles. The predicted molar refractivity (Wildman–Crippen MR) is 62.9 cm³/mol. The van der Waals surface area contributed by atoms with Crippen LogP contribution in [0.4, 0.5) is 0 Å². The van der Waals surface area contributed by atoms with E-state index in [4.69, 9.17) is 8.85 Å². The number of halogens is 1. The van der Waals surface area contributed by atoms with E-state index in [1.54, 1.807) is 14.2 Å². The van der Waals surface area contributed by atoms with E-state index in [9.17, 15) is 0 Å². The van der Waals surface area contributed by atoms with Crippen molar-refractivity contribution in [1.29, 1.82) is 0 Å². The Morgan fingerprint density at radius 1 is 0.923 bits per heavy atom. The number of hydrogen-bond donors (Lipinski definition) is 0. The molecule has 0 rings (SSSR count). The first-order valence-electron chi connectivity index (χ1n) is 4.96. The summed E-state index contributed by atoms with van der Waals surface area (Å²) >= 11 is 3.43. The van der Waals surface area contributed by atoms with Gasteiger partial charge in [-0.15, -0.1) is 0 Å². The second-order valence-corrected chi connectivity index (χ2v) is 6.32. The van der Waals surface area contributed by atoms with Gasteiger partial charge < -0.3 is 8.85 Å². The molecule has 0 saturated carbocycles. The van der Waals surface area contributed by atoms with Gasteiger partial charge in [-0.05, 0) is 12.5 Å². The van der Waals surface area contributed by atoms with Gasteiger partial charge in [-0.2, -0.15) is 0 Å². The van der Waals surface area contributed by atoms with Gasteiger partial charge in [0.05, 0.1) is 0 Å². The van der Waals surface area contributed by atoms with Crippen LogP contribution in [-0.4, -0.2) is 28.8 Å². The maximum Gasteiger partial charge on any atom is 0.320 e. The number of unbranched alkanes of at least 4 members (excludes halogenated alkanes) is 4. The third-order valence-electron chi connectivity index (χ3n) is 2.10. The summed E-state index contributed by atoms with van der Waals surface area (Å²) in [6.45, 7) is 0. The maximum atomic E-state index is 5.24. The second kappa shape index (κ2) is 10.7. The Kier molecular flexibility index (Phi) is 11.2. The molecule has 0 radical (unpaired) electrons. The van der Waals surface area contributed by atoms with Crippen molar-refractivity contribution in [2.75, 3.05) is 19.5 Å². The van der Waals surface area contributed by atoms with E-state index in [2.05, 4.69) is 15.9 Å². The molecule has 4 heteroatoms. The van der Waals surface area contributed by atoms with Crippen molar-refractivity contribution in [3.05, 3.63) is 0 Å². The quantitative estimate of drug-likeness (QED) is 0.364. The Bertz CT molecular complexity index is 99.6. The largest absolute Gasteiger partial charge is 0.400 e. The van der Waals surface area contributed by atoms with E-state index in [-0.39, 0.29) is 0 Å². The minimum absolute atomic E-state index is 1.14. The summed E-state index contributed by atoms with van der Waals surface area (Å²) in [5.41, 5.74) is 0. The zero-order chi connectivity index (χ0) is 9.94. The van der Waals surface area contributed by atoms with Crippen LogP contribution in [0, 0.1) is 0 Å². The summed E-state index contributed by atoms with van der Waals surface area (Å²) in [7, 11) is 2.25. The molecular weight excluding hydrogens is 248 g/mol. The first-order valence-corrected chi connectivity index (χ1v) is 7.84. The van der Waals surface area contributed by atoms with Crippen LogP contribution in [0.2, 0.25) is 6.04 Å². The van der Waals surface area contributed by atoms with E-state index in [0.29, 0.717) is 0 Å². The molecule has 0 N–H and O–H groups in total. The van der Waals surface area contributed by atoms with Crippen LogP contribution in [0.3, 0.4) is 0 Å². The lowest BCUT2D eigenvalue weighted by atomic mass is 10.2. The van der Waals surface area contributed by atoms with Crippen LogP contribution < -0.4 is 0 Å². The SMILES string of the molecule is CO[SiH](CCCCCCCBr)OC. The van der Waals surface area contributed by atoms with Crippen LogP contribution in [0.5, 0.6) is 0 Å². The van der Waals surface area contributed by atoms with Crippen LogP contribution >= 0.6 is 15.9 Å². The molecule has 13 heavy (non-hydrogen) atoms. The molecule has 80 valence electrons. The Morgan fingerprint density at radius 3 is 2.00 bits per heavy atom. The van der Waals surface area contributed by atoms with E-state index in [0.717, 1.165) is 11.4 Å². The highest BCUT2D eigenvalue weighted by Gasteiger charge is 2.07. The second-order valence-electron chi connectivity index (χ2n) is 3.15. The molecule has 0 amide bonds. The van der Waals surface area contributed by atoms with Crippen molar-refractivity contribution in [3.8, 4) is 0 Å². The van der Waals surface area contributed by atoms with Gasteiger partial charge in [0.25, 0.3) is 0 Å². The highest BCUT2D eigenvalue weighted by molar-refractivity contribution is 9.09. The minimum atomic E-state index is -1.26. The topological polar surface area (TPSA) is 18.5 Å². The van der Waals surface area contributed by atoms with E-state index in [1.165, 1.54) is 32.1 Å². The standard InChI is InChI=1S/C9H21BrO2Si/c1-11-13(12-2)9-7-5-3-4-6-8-10/h13H,3-9H2,1-2H3. The van der Waals surface area contributed by atoms with Gasteiger partial charge in [0.2, 0.25) is 0 Å². The summed E-state index contributed by atoms with van der Waals surface area (Å²) in [6, 6.07) is 1.15. The van der Waals surface area contributed by atoms with Gasteiger partial charge in [-0.1, -0.05) is 41.6 Å². The van der Waals surface area contributed by atoms with Gasteiger partial charge in [0.1, 0.15) is 0 Å². The Balaban J connectivity index is 3.05. The lowest BCUT2D eigenvalue weighted by Gasteiger charge is -2.09. The van der Waals surface area contributed by atoms with Crippen molar-refractivity contribution in [1.82, 2.24) is 0 Å². The van der Waals surface area contributed by atoms with E-state index < -0.39 is 9.28 Å². The summed E-state index contributed by atoms with van der Waals surface area (Å²) < 4.78 is 10.5. The van der Waals surface area contributed by atoms with Gasteiger partial charge >= 0.3 is 9.28 Å². The van der Waals surface area contributed by atoms with Crippen LogP contribution in [0.1, 0.15) is 32.1 Å². The monoisotopic (exact) mass is 268 g/mol. The number of hydrogen-bond acceptors (Lipinski definition) is 2. The third-order valence-corrected chi connectivity index (χ3v) is 4.59. The molecule has 0 unspecified atom stereocenters. The van der Waals surface area contributed by atoms with Crippen molar-refractivity contribution >= 4 is 25.2 Å². The highest BCUT2D eigenvalue weighted by Crippen LogP contribution is 2.09. The van der Waals surface area contributed by atoms with E-state index >= 15 is 0 Å². The Morgan fingerprint density at radius 2 is 1.46 bits per heavy atom. The maximum absolute atomic E-state index is 5.24. The molecule has 0 aliphatic heterocycles. The van der Waals surface area contributed by atoms with Gasteiger partial charge in [0.15, 0.2) is 0 Å². The fourth-order valence-corrected chi connectivity index (χ4v) is 2.95. The summed E-state index contributed by atoms with van der Waals surface area (Å²) in [4.78, 5) is 0. The zero-order valence-corrected chi connectivity index (χ0v) is 11.5. The molecule has 0 spiro atoms. The highest BCUT2D eigenvalue weighted by atomic mass is 79.9. The summed E-state index contributed by atoms with van der Waals surface area (Å²) in [6.07, 6.45) is 6.58. The van der Waals surface area contributed by atoms with Crippen LogP contribution in [0.25, 0.3) is 0 Å². The van der Waals surface area contributed by atoms with Crippen LogP contribution in [-0.2, 0) is 8.85 Å². The van der Waals surface area contributed by atoms with Crippen molar-refractivity contribution in [2.24, 2.45) is 0 Å². The molecule has 0 heterocycles. The van der Waals surface area contributed by atoms with Crippen molar-refractivity contribution < 1.29 is 8.85 Å². The first kappa shape index (κ1) is 13.6. The molecule has 0 aliphatic carbocycles. The molecule has 0 aromatic heterocycles. The molecular formula is C9H21BrO2Si. The molecule has 0 bridgehead atoms. The zero-order valence-electron chi connectivity index (χ0n) is 8.72. The minimum Gasteiger partial charge on any atom is -0.400 e. The van der Waals surface area contributed by atoms with Gasteiger partial charge in [0, 0.05) is 19.5 Å². The molecule has 0 fully saturated rings. The van der Waals surface area contributed by atoms with Crippen molar-refractivity contribution in [3.63, 3.8) is 0 Å². The third kappa shape index (κ3) is 8.93. The lowest BCUT2D eigenvalue weighted by Crippen LogP contribution is -2.18. The Hall–Kier alpha value is 0.617. The fraction of sp³-hybridized carbons (Fsp3) is 1.00. The van der Waals surface area contributed by atoms with Gasteiger partial charge in [-0.3, -0.25) is 0 Å². The molecule has 0 atom stereocenters. The molecule has 0 aliphatic rings. The smallest absolute Gasteiger partial charge is 0.320 e. The first-order chi connectivity index (χ1) is 6.35. The predicted octanol–water partition coefficient (Wildman–Crippen LogP) is 2.85. The molecule has 0 aromatic rings. The number of alkyl halides is 1. The van der Waals surface area contributed by atoms with Crippen molar-refractivity contribution in [2.45, 2.75) is 38.1 Å². The molecule has 0 aromatic carbocycles.